The van der Waals surface area contributed by atoms with Crippen molar-refractivity contribution in [3.8, 4) is 33.4 Å². The van der Waals surface area contributed by atoms with Crippen molar-refractivity contribution in [1.82, 2.24) is 0 Å². The molecule has 2 aliphatic carbocycles. The Balaban J connectivity index is 1.15. The summed E-state index contributed by atoms with van der Waals surface area (Å²) in [6, 6.07) is 73.9. The molecule has 0 aliphatic heterocycles. The monoisotopic (exact) mass is 659 g/mol. The molecule has 1 nitrogen and oxygen atoms in total. The van der Waals surface area contributed by atoms with Crippen LogP contribution >= 0.6 is 0 Å². The van der Waals surface area contributed by atoms with Crippen molar-refractivity contribution in [2.24, 2.45) is 0 Å². The van der Waals surface area contributed by atoms with Crippen LogP contribution in [0, 0.1) is 0 Å². The van der Waals surface area contributed by atoms with Gasteiger partial charge in [-0.05, 0) is 126 Å². The van der Waals surface area contributed by atoms with Crippen LogP contribution < -0.4 is 4.90 Å². The summed E-state index contributed by atoms with van der Waals surface area (Å²) in [6.07, 6.45) is 0. The second kappa shape index (κ2) is 11.2. The lowest BCUT2D eigenvalue weighted by atomic mass is 9.69. The molecule has 1 spiro atoms. The van der Waals surface area contributed by atoms with Crippen molar-refractivity contribution in [3.63, 3.8) is 0 Å². The molecular weight excluding hydrogens is 627 g/mol. The fraction of sp³-hybridized carbons (Fsp3) is 0.0196. The average Bonchev–Trinajstić information content (AvgIpc) is 3.68. The molecule has 0 aromatic heterocycles. The van der Waals surface area contributed by atoms with Gasteiger partial charge in [-0.2, -0.15) is 0 Å². The third-order valence-corrected chi connectivity index (χ3v) is 11.4. The maximum absolute atomic E-state index is 2.50. The predicted molar refractivity (Wildman–Crippen MR) is 218 cm³/mol. The number of rotatable bonds is 4. The van der Waals surface area contributed by atoms with E-state index >= 15 is 0 Å². The molecule has 0 radical (unpaired) electrons. The van der Waals surface area contributed by atoms with E-state index in [2.05, 4.69) is 205 Å². The standard InChI is InChI=1S/C51H33N/c1-3-13-34(14-4-1)35-23-27-40(28-24-35)52(39-16-5-2-6-17-39)41-29-25-37-32-46-45-30-26-36-15-7-8-18-42(36)50(45)51(49(46)33-38(37)31-41)47-21-11-9-19-43(47)44-20-10-12-22-48(44)51/h1-33H. The minimum absolute atomic E-state index is 0.421. The summed E-state index contributed by atoms with van der Waals surface area (Å²) in [7, 11) is 0. The van der Waals surface area contributed by atoms with Crippen molar-refractivity contribution in [3.05, 3.63) is 222 Å². The molecule has 1 heteroatoms. The van der Waals surface area contributed by atoms with Gasteiger partial charge in [-0.15, -0.1) is 0 Å². The highest BCUT2D eigenvalue weighted by Gasteiger charge is 2.52. The Labute approximate surface area is 303 Å². The molecule has 0 fully saturated rings. The summed E-state index contributed by atoms with van der Waals surface area (Å²) in [5.74, 6) is 0. The number of benzene rings is 9. The van der Waals surface area contributed by atoms with Crippen molar-refractivity contribution < 1.29 is 0 Å². The van der Waals surface area contributed by atoms with Gasteiger partial charge in [0, 0.05) is 17.1 Å². The first-order valence-electron chi connectivity index (χ1n) is 18.1. The Bertz CT molecular complexity index is 2790. The van der Waals surface area contributed by atoms with Gasteiger partial charge in [0.15, 0.2) is 0 Å². The van der Waals surface area contributed by atoms with E-state index in [4.69, 9.17) is 0 Å². The Morgan fingerprint density at radius 1 is 0.308 bits per heavy atom. The van der Waals surface area contributed by atoms with Gasteiger partial charge in [-0.1, -0.05) is 152 Å². The van der Waals surface area contributed by atoms with Crippen LogP contribution in [0.1, 0.15) is 22.3 Å². The zero-order valence-electron chi connectivity index (χ0n) is 28.5. The SMILES string of the molecule is c1ccc(-c2ccc(N(c3ccccc3)c3ccc4cc5c(cc4c3)C3(c4ccccc4-c4ccccc43)c3c-5ccc4ccccc34)cc2)cc1. The summed E-state index contributed by atoms with van der Waals surface area (Å²) >= 11 is 0. The van der Waals surface area contributed by atoms with E-state index in [1.54, 1.807) is 0 Å². The van der Waals surface area contributed by atoms with Crippen molar-refractivity contribution in [2.75, 3.05) is 4.90 Å². The number of anilines is 3. The maximum Gasteiger partial charge on any atom is 0.0731 e. The molecule has 9 aromatic rings. The first-order chi connectivity index (χ1) is 25.8. The molecular formula is C51H33N. The fourth-order valence-corrected chi connectivity index (χ4v) is 9.24. The van der Waals surface area contributed by atoms with E-state index in [0.717, 1.165) is 17.1 Å². The van der Waals surface area contributed by atoms with E-state index in [1.165, 1.54) is 77.2 Å². The van der Waals surface area contributed by atoms with E-state index in [9.17, 15) is 0 Å². The summed E-state index contributed by atoms with van der Waals surface area (Å²) in [4.78, 5) is 2.37. The normalized spacial score (nSPS) is 13.2. The second-order valence-electron chi connectivity index (χ2n) is 14.1. The first-order valence-corrected chi connectivity index (χ1v) is 18.1. The zero-order chi connectivity index (χ0) is 34.2. The lowest BCUT2D eigenvalue weighted by molar-refractivity contribution is 0.802. The highest BCUT2D eigenvalue weighted by molar-refractivity contribution is 6.06. The smallest absolute Gasteiger partial charge is 0.0731 e. The van der Waals surface area contributed by atoms with Crippen LogP contribution in [-0.4, -0.2) is 0 Å². The molecule has 2 aliphatic rings. The number of nitrogens with zero attached hydrogens (tertiary/aromatic N) is 1. The van der Waals surface area contributed by atoms with Gasteiger partial charge in [0.25, 0.3) is 0 Å². The van der Waals surface area contributed by atoms with Gasteiger partial charge in [-0.25, -0.2) is 0 Å². The van der Waals surface area contributed by atoms with Gasteiger partial charge < -0.3 is 4.90 Å². The molecule has 242 valence electrons. The molecule has 0 saturated heterocycles. The van der Waals surface area contributed by atoms with Crippen LogP contribution in [0.4, 0.5) is 17.1 Å². The highest BCUT2D eigenvalue weighted by Crippen LogP contribution is 2.64. The Hall–Kier alpha value is -6.70. The van der Waals surface area contributed by atoms with E-state index in [1.807, 2.05) is 0 Å². The summed E-state index contributed by atoms with van der Waals surface area (Å²) in [5, 5.41) is 5.07. The molecule has 9 aromatic carbocycles. The largest absolute Gasteiger partial charge is 0.310 e. The number of fused-ring (bicyclic) bond motifs is 13. The van der Waals surface area contributed by atoms with Crippen LogP contribution in [0.3, 0.4) is 0 Å². The first kappa shape index (κ1) is 29.1. The van der Waals surface area contributed by atoms with Crippen LogP contribution in [0.5, 0.6) is 0 Å². The number of para-hydroxylation sites is 1. The van der Waals surface area contributed by atoms with Gasteiger partial charge >= 0.3 is 0 Å². The molecule has 0 amide bonds. The van der Waals surface area contributed by atoms with Crippen LogP contribution in [0.2, 0.25) is 0 Å². The van der Waals surface area contributed by atoms with Crippen LogP contribution in [0.15, 0.2) is 200 Å². The Kier molecular flexibility index (Phi) is 6.23. The molecule has 52 heavy (non-hydrogen) atoms. The predicted octanol–water partition coefficient (Wildman–Crippen LogP) is 13.5. The number of hydrogen-bond acceptors (Lipinski definition) is 1. The summed E-state index contributed by atoms with van der Waals surface area (Å²) in [5.41, 5.74) is 16.2. The maximum atomic E-state index is 2.50. The highest BCUT2D eigenvalue weighted by atomic mass is 15.1. The van der Waals surface area contributed by atoms with Gasteiger partial charge in [-0.3, -0.25) is 0 Å². The van der Waals surface area contributed by atoms with Crippen LogP contribution in [-0.2, 0) is 5.41 Å². The second-order valence-corrected chi connectivity index (χ2v) is 14.1. The van der Waals surface area contributed by atoms with Gasteiger partial charge in [0.1, 0.15) is 0 Å². The summed E-state index contributed by atoms with van der Waals surface area (Å²) < 4.78 is 0. The molecule has 0 N–H and O–H groups in total. The molecule has 0 atom stereocenters. The van der Waals surface area contributed by atoms with E-state index in [-0.39, 0.29) is 0 Å². The lowest BCUT2D eigenvalue weighted by Crippen LogP contribution is -2.26. The third-order valence-electron chi connectivity index (χ3n) is 11.4. The van der Waals surface area contributed by atoms with Gasteiger partial charge in [0.2, 0.25) is 0 Å². The third kappa shape index (κ3) is 4.05. The quantitative estimate of drug-likeness (QED) is 0.182. The van der Waals surface area contributed by atoms with Crippen molar-refractivity contribution in [2.45, 2.75) is 5.41 Å². The molecule has 0 bridgehead atoms. The minimum Gasteiger partial charge on any atom is -0.310 e. The molecule has 0 heterocycles. The topological polar surface area (TPSA) is 3.24 Å². The average molecular weight is 660 g/mol. The van der Waals surface area contributed by atoms with E-state index < -0.39 is 5.41 Å². The van der Waals surface area contributed by atoms with Crippen LogP contribution in [0.25, 0.3) is 54.9 Å². The Morgan fingerprint density at radius 3 is 1.63 bits per heavy atom. The number of hydrogen-bond donors (Lipinski definition) is 0. The van der Waals surface area contributed by atoms with Crippen molar-refractivity contribution >= 4 is 38.6 Å². The zero-order valence-corrected chi connectivity index (χ0v) is 28.5. The summed E-state index contributed by atoms with van der Waals surface area (Å²) in [6.45, 7) is 0. The fourth-order valence-electron chi connectivity index (χ4n) is 9.24. The lowest BCUT2D eigenvalue weighted by Gasteiger charge is -2.31. The van der Waals surface area contributed by atoms with Gasteiger partial charge in [0.05, 0.1) is 5.41 Å². The molecule has 0 saturated carbocycles. The minimum atomic E-state index is -0.421. The Morgan fingerprint density at radius 2 is 0.885 bits per heavy atom. The van der Waals surface area contributed by atoms with Crippen molar-refractivity contribution in [1.29, 1.82) is 0 Å². The van der Waals surface area contributed by atoms with E-state index in [0.29, 0.717) is 0 Å². The molecule has 0 unspecified atom stereocenters. The molecule has 11 rings (SSSR count).